The maximum absolute atomic E-state index is 13.3. The van der Waals surface area contributed by atoms with Gasteiger partial charge in [0.15, 0.2) is 0 Å². The summed E-state index contributed by atoms with van der Waals surface area (Å²) in [6.07, 6.45) is 5.26. The topological polar surface area (TPSA) is 56.8 Å². The molecule has 1 aliphatic carbocycles. The van der Waals surface area contributed by atoms with Crippen molar-refractivity contribution in [3.63, 3.8) is 0 Å². The van der Waals surface area contributed by atoms with Crippen LogP contribution in [0.4, 0.5) is 0 Å². The molecular formula is C34H43NO4Si. The zero-order chi connectivity index (χ0) is 28.0. The molecule has 3 aromatic rings. The Balaban J connectivity index is 1.41. The number of cyclic esters (lactones) is 1. The number of esters is 1. The van der Waals surface area contributed by atoms with Gasteiger partial charge in [0.25, 0.3) is 8.32 Å². The molecule has 0 bridgehead atoms. The number of carbonyl (C=O) groups excluding carboxylic acids is 1. The zero-order valence-electron chi connectivity index (χ0n) is 24.1. The number of rotatable bonds is 11. The molecule has 3 atom stereocenters. The fourth-order valence-electron chi connectivity index (χ4n) is 6.62. The lowest BCUT2D eigenvalue weighted by Crippen LogP contribution is -2.67. The minimum absolute atomic E-state index is 0.135. The van der Waals surface area contributed by atoms with E-state index in [4.69, 9.17) is 14.0 Å². The smallest absolute Gasteiger partial charge is 0.311 e. The molecular weight excluding hydrogens is 514 g/mol. The van der Waals surface area contributed by atoms with Crippen molar-refractivity contribution in [1.82, 2.24) is 5.48 Å². The number of benzene rings is 3. The van der Waals surface area contributed by atoms with Crippen LogP contribution in [0.1, 0.15) is 58.4 Å². The second kappa shape index (κ2) is 12.8. The zero-order valence-corrected chi connectivity index (χ0v) is 25.1. The van der Waals surface area contributed by atoms with Crippen LogP contribution in [0.3, 0.4) is 0 Å². The first-order valence-electron chi connectivity index (χ1n) is 14.8. The lowest BCUT2D eigenvalue weighted by Gasteiger charge is -2.43. The number of hydroxylamine groups is 1. The van der Waals surface area contributed by atoms with Gasteiger partial charge in [0.05, 0.1) is 25.2 Å². The van der Waals surface area contributed by atoms with Gasteiger partial charge in [-0.2, -0.15) is 5.48 Å². The number of hydrogen-bond donors (Lipinski definition) is 1. The average molecular weight is 558 g/mol. The Morgan fingerprint density at radius 2 is 1.40 bits per heavy atom. The quantitative estimate of drug-likeness (QED) is 0.184. The minimum atomic E-state index is -2.77. The van der Waals surface area contributed by atoms with Crippen LogP contribution >= 0.6 is 0 Å². The predicted molar refractivity (Wildman–Crippen MR) is 162 cm³/mol. The first kappa shape index (κ1) is 28.7. The van der Waals surface area contributed by atoms with Gasteiger partial charge in [-0.25, -0.2) is 0 Å². The van der Waals surface area contributed by atoms with E-state index in [1.165, 1.54) is 36.1 Å². The molecule has 2 aliphatic rings. The van der Waals surface area contributed by atoms with E-state index in [0.717, 1.165) is 12.0 Å². The average Bonchev–Trinajstić information content (AvgIpc) is 3.58. The maximum atomic E-state index is 13.3. The third kappa shape index (κ3) is 6.25. The first-order chi connectivity index (χ1) is 19.4. The highest BCUT2D eigenvalue weighted by Gasteiger charge is 2.52. The molecule has 1 saturated heterocycles. The molecule has 6 heteroatoms. The van der Waals surface area contributed by atoms with E-state index in [-0.39, 0.29) is 23.0 Å². The largest absolute Gasteiger partial charge is 0.458 e. The van der Waals surface area contributed by atoms with Gasteiger partial charge in [0, 0.05) is 0 Å². The summed E-state index contributed by atoms with van der Waals surface area (Å²) in [4.78, 5) is 19.3. The third-order valence-electron chi connectivity index (χ3n) is 8.65. The van der Waals surface area contributed by atoms with E-state index in [0.29, 0.717) is 19.1 Å². The molecule has 1 saturated carbocycles. The molecule has 0 radical (unpaired) electrons. The van der Waals surface area contributed by atoms with Crippen molar-refractivity contribution in [2.45, 2.75) is 76.7 Å². The number of nitrogens with one attached hydrogen (secondary N) is 1. The van der Waals surface area contributed by atoms with Crippen LogP contribution in [0.15, 0.2) is 91.0 Å². The van der Waals surface area contributed by atoms with E-state index < -0.39 is 14.4 Å². The van der Waals surface area contributed by atoms with Gasteiger partial charge in [-0.3, -0.25) is 9.63 Å². The monoisotopic (exact) mass is 557 g/mol. The van der Waals surface area contributed by atoms with E-state index >= 15 is 0 Å². The van der Waals surface area contributed by atoms with Crippen molar-refractivity contribution in [3.8, 4) is 0 Å². The molecule has 1 N–H and O–H groups in total. The fraction of sp³-hybridized carbons (Fsp3) is 0.441. The van der Waals surface area contributed by atoms with Crippen molar-refractivity contribution >= 4 is 24.7 Å². The van der Waals surface area contributed by atoms with Gasteiger partial charge < -0.3 is 9.16 Å². The van der Waals surface area contributed by atoms with Crippen LogP contribution < -0.4 is 15.9 Å². The normalized spacial score (nSPS) is 22.0. The Morgan fingerprint density at radius 3 is 1.95 bits per heavy atom. The molecule has 2 fully saturated rings. The highest BCUT2D eigenvalue weighted by Crippen LogP contribution is 2.39. The predicted octanol–water partition coefficient (Wildman–Crippen LogP) is 5.77. The molecule has 0 spiro atoms. The second-order valence-electron chi connectivity index (χ2n) is 12.4. The summed E-state index contributed by atoms with van der Waals surface area (Å²) in [7, 11) is -2.77. The molecule has 0 amide bonds. The summed E-state index contributed by atoms with van der Waals surface area (Å²) in [6.45, 7) is 7.53. The summed E-state index contributed by atoms with van der Waals surface area (Å²) in [5.74, 6) is 0.183. The van der Waals surface area contributed by atoms with Gasteiger partial charge in [0.1, 0.15) is 6.10 Å². The lowest BCUT2D eigenvalue weighted by molar-refractivity contribution is -0.145. The minimum Gasteiger partial charge on any atom is -0.458 e. The van der Waals surface area contributed by atoms with Crippen molar-refractivity contribution < 1.29 is 18.8 Å². The summed E-state index contributed by atoms with van der Waals surface area (Å²) >= 11 is 0. The van der Waals surface area contributed by atoms with Crippen molar-refractivity contribution in [2.24, 2.45) is 11.8 Å². The van der Waals surface area contributed by atoms with Crippen LogP contribution in [-0.2, 0) is 25.4 Å². The molecule has 212 valence electrons. The van der Waals surface area contributed by atoms with Crippen LogP contribution in [0.25, 0.3) is 0 Å². The van der Waals surface area contributed by atoms with Gasteiger partial charge in [-0.05, 0) is 33.3 Å². The first-order valence-corrected chi connectivity index (χ1v) is 16.7. The van der Waals surface area contributed by atoms with Gasteiger partial charge in [-0.1, -0.05) is 137 Å². The SMILES string of the molecule is CC(C)(C)[Si](OC[C@H]1OC(=O)[C@@H](CC2CCCC2)[C@@H]1NOCc1ccccc1)(c1ccccc1)c1ccccc1. The highest BCUT2D eigenvalue weighted by atomic mass is 28.4. The molecule has 1 aliphatic heterocycles. The van der Waals surface area contributed by atoms with Crippen LogP contribution in [0, 0.1) is 11.8 Å². The van der Waals surface area contributed by atoms with Crippen LogP contribution in [-0.4, -0.2) is 33.0 Å². The number of ether oxygens (including phenoxy) is 1. The Hall–Kier alpha value is -2.77. The Bertz CT molecular complexity index is 1170. The van der Waals surface area contributed by atoms with E-state index in [2.05, 4.69) is 74.8 Å². The molecule has 0 unspecified atom stereocenters. The Labute approximate surface area is 240 Å². The summed E-state index contributed by atoms with van der Waals surface area (Å²) in [6, 6.07) is 31.0. The Morgan fingerprint density at radius 1 is 0.850 bits per heavy atom. The summed E-state index contributed by atoms with van der Waals surface area (Å²) in [5.41, 5.74) is 4.36. The second-order valence-corrected chi connectivity index (χ2v) is 16.7. The Kier molecular flexibility index (Phi) is 9.21. The van der Waals surface area contributed by atoms with Crippen molar-refractivity contribution in [3.05, 3.63) is 96.6 Å². The molecule has 3 aromatic carbocycles. The van der Waals surface area contributed by atoms with E-state index in [1.807, 2.05) is 42.5 Å². The van der Waals surface area contributed by atoms with Crippen molar-refractivity contribution in [2.75, 3.05) is 6.61 Å². The molecule has 5 rings (SSSR count). The lowest BCUT2D eigenvalue weighted by atomic mass is 9.88. The molecule has 5 nitrogen and oxygen atoms in total. The maximum Gasteiger partial charge on any atom is 0.311 e. The molecule has 1 heterocycles. The van der Waals surface area contributed by atoms with Crippen molar-refractivity contribution in [1.29, 1.82) is 0 Å². The highest BCUT2D eigenvalue weighted by molar-refractivity contribution is 6.99. The van der Waals surface area contributed by atoms with Gasteiger partial charge >= 0.3 is 5.97 Å². The van der Waals surface area contributed by atoms with Gasteiger partial charge in [-0.15, -0.1) is 0 Å². The number of hydrogen-bond acceptors (Lipinski definition) is 5. The third-order valence-corrected chi connectivity index (χ3v) is 13.7. The summed E-state index contributed by atoms with van der Waals surface area (Å²) < 4.78 is 13.3. The van der Waals surface area contributed by atoms with E-state index in [1.54, 1.807) is 0 Å². The van der Waals surface area contributed by atoms with Crippen LogP contribution in [0.2, 0.25) is 5.04 Å². The van der Waals surface area contributed by atoms with E-state index in [9.17, 15) is 4.79 Å². The summed E-state index contributed by atoms with van der Waals surface area (Å²) in [5, 5.41) is 2.27. The fourth-order valence-corrected chi connectivity index (χ4v) is 11.2. The molecule has 40 heavy (non-hydrogen) atoms. The van der Waals surface area contributed by atoms with Crippen LogP contribution in [0.5, 0.6) is 0 Å². The van der Waals surface area contributed by atoms with Gasteiger partial charge in [0.2, 0.25) is 0 Å². The number of carbonyl (C=O) groups is 1. The standard InChI is InChI=1S/C34H43NO4Si/c1-34(2,3)40(28-19-9-5-10-20-28,29-21-11-6-12-22-29)38-25-31-32(35-37-24-27-17-7-4-8-18-27)30(33(36)39-31)23-26-15-13-14-16-26/h4-12,17-22,26,30-32,35H,13-16,23-25H2,1-3H3/t30-,31+,32-/m0/s1. The molecule has 0 aromatic heterocycles.